The number of likely N-dealkylation sites (tertiary alicyclic amines) is 1. The number of hydrogen-bond donors (Lipinski definition) is 1. The second-order valence-electron chi connectivity index (χ2n) is 6.52. The average molecular weight is 278 g/mol. The van der Waals surface area contributed by atoms with Gasteiger partial charge in [-0.05, 0) is 58.7 Å². The summed E-state index contributed by atoms with van der Waals surface area (Å²) in [6.07, 6.45) is 4.62. The summed E-state index contributed by atoms with van der Waals surface area (Å²) in [6.45, 7) is 9.02. The van der Waals surface area contributed by atoms with E-state index < -0.39 is 0 Å². The van der Waals surface area contributed by atoms with Crippen LogP contribution in [0.2, 0.25) is 0 Å². The second kappa shape index (κ2) is 6.22. The van der Waals surface area contributed by atoms with Crippen LogP contribution in [0, 0.1) is 5.92 Å². The Bertz CT molecular complexity index is 417. The van der Waals surface area contributed by atoms with E-state index in [0.29, 0.717) is 12.0 Å². The first-order valence-electron chi connectivity index (χ1n) is 7.99. The van der Waals surface area contributed by atoms with Crippen molar-refractivity contribution in [2.75, 3.05) is 26.2 Å². The lowest BCUT2D eigenvalue weighted by molar-refractivity contribution is 0.148. The molecule has 0 saturated carbocycles. The van der Waals surface area contributed by atoms with Crippen molar-refractivity contribution in [2.24, 2.45) is 5.92 Å². The fourth-order valence-electron chi connectivity index (χ4n) is 3.31. The summed E-state index contributed by atoms with van der Waals surface area (Å²) in [4.78, 5) is 7.17. The molecular weight excluding hydrogens is 252 g/mol. The average Bonchev–Trinajstić information content (AvgIpc) is 3.09. The van der Waals surface area contributed by atoms with E-state index in [0.717, 1.165) is 43.6 Å². The molecule has 0 spiro atoms. The lowest BCUT2D eigenvalue weighted by Crippen LogP contribution is -2.38. The zero-order chi connectivity index (χ0) is 13.9. The highest BCUT2D eigenvalue weighted by atomic mass is 16.5. The number of piperidine rings is 1. The van der Waals surface area contributed by atoms with Crippen LogP contribution in [0.4, 0.5) is 0 Å². The van der Waals surface area contributed by atoms with Gasteiger partial charge in [0, 0.05) is 19.0 Å². The maximum Gasteiger partial charge on any atom is 0.231 e. The molecule has 3 heterocycles. The second-order valence-corrected chi connectivity index (χ2v) is 6.52. The predicted molar refractivity (Wildman–Crippen MR) is 77.7 cm³/mol. The molecule has 0 aromatic carbocycles. The summed E-state index contributed by atoms with van der Waals surface area (Å²) in [5.74, 6) is 2.90. The molecule has 1 atom stereocenters. The van der Waals surface area contributed by atoms with Crippen LogP contribution in [0.15, 0.2) is 4.52 Å². The van der Waals surface area contributed by atoms with Gasteiger partial charge in [-0.15, -0.1) is 0 Å². The zero-order valence-corrected chi connectivity index (χ0v) is 12.6. The van der Waals surface area contributed by atoms with Crippen LogP contribution in [0.3, 0.4) is 0 Å². The monoisotopic (exact) mass is 278 g/mol. The first-order chi connectivity index (χ1) is 9.72. The maximum absolute atomic E-state index is 5.44. The van der Waals surface area contributed by atoms with Crippen molar-refractivity contribution in [3.05, 3.63) is 11.7 Å². The molecule has 0 amide bonds. The summed E-state index contributed by atoms with van der Waals surface area (Å²) in [6, 6.07) is 0.669. The molecule has 5 nitrogen and oxygen atoms in total. The lowest BCUT2D eigenvalue weighted by Gasteiger charge is -2.34. The standard InChI is InChI=1S/C15H26N4O/c1-11(2)19-7-4-12(5-8-19)9-14-17-15(20-18-14)13-3-6-16-10-13/h11-13,16H,3-10H2,1-2H3. The molecule has 1 unspecified atom stereocenters. The summed E-state index contributed by atoms with van der Waals surface area (Å²) < 4.78 is 5.44. The Morgan fingerprint density at radius 1 is 1.30 bits per heavy atom. The molecule has 2 saturated heterocycles. The normalized spacial score (nSPS) is 25.6. The van der Waals surface area contributed by atoms with Crippen molar-refractivity contribution in [3.63, 3.8) is 0 Å². The molecule has 3 rings (SSSR count). The summed E-state index contributed by atoms with van der Waals surface area (Å²) in [5, 5.41) is 7.53. The van der Waals surface area contributed by atoms with Crippen molar-refractivity contribution < 1.29 is 4.52 Å². The van der Waals surface area contributed by atoms with E-state index >= 15 is 0 Å². The van der Waals surface area contributed by atoms with Crippen molar-refractivity contribution in [2.45, 2.75) is 51.5 Å². The summed E-state index contributed by atoms with van der Waals surface area (Å²) >= 11 is 0. The highest BCUT2D eigenvalue weighted by molar-refractivity contribution is 4.99. The van der Waals surface area contributed by atoms with Crippen LogP contribution in [0.1, 0.15) is 50.7 Å². The molecule has 1 N–H and O–H groups in total. The molecule has 5 heteroatoms. The number of hydrogen-bond acceptors (Lipinski definition) is 5. The minimum Gasteiger partial charge on any atom is -0.339 e. The fourth-order valence-corrected chi connectivity index (χ4v) is 3.31. The first-order valence-corrected chi connectivity index (χ1v) is 7.99. The Balaban J connectivity index is 1.51. The van der Waals surface area contributed by atoms with Crippen LogP contribution in [0.25, 0.3) is 0 Å². The summed E-state index contributed by atoms with van der Waals surface area (Å²) in [7, 11) is 0. The van der Waals surface area contributed by atoms with E-state index in [2.05, 4.69) is 34.2 Å². The van der Waals surface area contributed by atoms with Crippen molar-refractivity contribution >= 4 is 0 Å². The van der Waals surface area contributed by atoms with Crippen molar-refractivity contribution in [1.29, 1.82) is 0 Å². The van der Waals surface area contributed by atoms with Crippen LogP contribution in [-0.4, -0.2) is 47.3 Å². The molecule has 112 valence electrons. The van der Waals surface area contributed by atoms with Gasteiger partial charge in [0.25, 0.3) is 0 Å². The third kappa shape index (κ3) is 3.20. The highest BCUT2D eigenvalue weighted by Crippen LogP contribution is 2.24. The van der Waals surface area contributed by atoms with E-state index in [9.17, 15) is 0 Å². The Morgan fingerprint density at radius 3 is 2.75 bits per heavy atom. The largest absolute Gasteiger partial charge is 0.339 e. The van der Waals surface area contributed by atoms with Gasteiger partial charge in [-0.1, -0.05) is 5.16 Å². The van der Waals surface area contributed by atoms with Gasteiger partial charge in [-0.2, -0.15) is 4.98 Å². The molecule has 2 aliphatic rings. The van der Waals surface area contributed by atoms with E-state index in [4.69, 9.17) is 4.52 Å². The SMILES string of the molecule is CC(C)N1CCC(Cc2noc(C3CCNC3)n2)CC1. The summed E-state index contributed by atoms with van der Waals surface area (Å²) in [5.41, 5.74) is 0. The predicted octanol–water partition coefficient (Wildman–Crippen LogP) is 1.81. The van der Waals surface area contributed by atoms with Gasteiger partial charge in [0.05, 0.1) is 5.92 Å². The molecule has 0 radical (unpaired) electrons. The van der Waals surface area contributed by atoms with Gasteiger partial charge in [-0.3, -0.25) is 0 Å². The Hall–Kier alpha value is -0.940. The van der Waals surface area contributed by atoms with Crippen LogP contribution in [-0.2, 0) is 6.42 Å². The zero-order valence-electron chi connectivity index (χ0n) is 12.6. The molecule has 20 heavy (non-hydrogen) atoms. The van der Waals surface area contributed by atoms with Gasteiger partial charge >= 0.3 is 0 Å². The van der Waals surface area contributed by atoms with Crippen molar-refractivity contribution in [3.8, 4) is 0 Å². The third-order valence-corrected chi connectivity index (χ3v) is 4.74. The quantitative estimate of drug-likeness (QED) is 0.910. The Kier molecular flexibility index (Phi) is 4.36. The van der Waals surface area contributed by atoms with Gasteiger partial charge in [0.15, 0.2) is 5.82 Å². The molecule has 0 aliphatic carbocycles. The molecule has 1 aromatic heterocycles. The molecular formula is C15H26N4O. The van der Waals surface area contributed by atoms with Crippen molar-refractivity contribution in [1.82, 2.24) is 20.4 Å². The Morgan fingerprint density at radius 2 is 2.10 bits per heavy atom. The fraction of sp³-hybridized carbons (Fsp3) is 0.867. The minimum absolute atomic E-state index is 0.430. The van der Waals surface area contributed by atoms with E-state index in [1.54, 1.807) is 0 Å². The number of nitrogens with one attached hydrogen (secondary N) is 1. The highest BCUT2D eigenvalue weighted by Gasteiger charge is 2.25. The van der Waals surface area contributed by atoms with E-state index in [-0.39, 0.29) is 0 Å². The van der Waals surface area contributed by atoms with E-state index in [1.807, 2.05) is 0 Å². The molecule has 2 fully saturated rings. The first kappa shape index (κ1) is 14.0. The topological polar surface area (TPSA) is 54.2 Å². The number of aromatic nitrogens is 2. The van der Waals surface area contributed by atoms with E-state index in [1.165, 1.54) is 25.9 Å². The van der Waals surface area contributed by atoms with Gasteiger partial charge < -0.3 is 14.7 Å². The third-order valence-electron chi connectivity index (χ3n) is 4.74. The number of rotatable bonds is 4. The van der Waals surface area contributed by atoms with Gasteiger partial charge in [0.2, 0.25) is 5.89 Å². The van der Waals surface area contributed by atoms with Crippen LogP contribution in [0.5, 0.6) is 0 Å². The smallest absolute Gasteiger partial charge is 0.231 e. The van der Waals surface area contributed by atoms with Gasteiger partial charge in [-0.25, -0.2) is 0 Å². The van der Waals surface area contributed by atoms with Crippen LogP contribution >= 0.6 is 0 Å². The molecule has 2 aliphatic heterocycles. The van der Waals surface area contributed by atoms with Gasteiger partial charge in [0.1, 0.15) is 0 Å². The molecule has 0 bridgehead atoms. The lowest BCUT2D eigenvalue weighted by atomic mass is 9.92. The minimum atomic E-state index is 0.430. The maximum atomic E-state index is 5.44. The molecule has 1 aromatic rings. The Labute approximate surface area is 121 Å². The number of nitrogens with zero attached hydrogens (tertiary/aromatic N) is 3. The van der Waals surface area contributed by atoms with Crippen LogP contribution < -0.4 is 5.32 Å².